The fraction of sp³-hybridized carbons (Fsp3) is 0.750. The van der Waals surface area contributed by atoms with Crippen LogP contribution in [0.1, 0.15) is 0 Å². The lowest BCUT2D eigenvalue weighted by atomic mass is 11.4. The second-order valence-electron chi connectivity index (χ2n) is 1.32. The van der Waals surface area contributed by atoms with Gasteiger partial charge >= 0.3 is 0 Å². The van der Waals surface area contributed by atoms with Crippen molar-refractivity contribution in [1.29, 1.82) is 0 Å². The van der Waals surface area contributed by atoms with Gasteiger partial charge in [0.2, 0.25) is 6.08 Å². The Morgan fingerprint density at radius 3 is 3.12 bits per heavy atom. The molecule has 0 unspecified atom stereocenters. The van der Waals surface area contributed by atoms with Crippen LogP contribution in [0.5, 0.6) is 0 Å². The van der Waals surface area contributed by atoms with Crippen LogP contribution in [0.25, 0.3) is 0 Å². The quantitative estimate of drug-likeness (QED) is 0.214. The Morgan fingerprint density at radius 1 is 1.88 bits per heavy atom. The van der Waals surface area contributed by atoms with Gasteiger partial charge in [-0.05, 0) is 0 Å². The maximum atomic E-state index is 9.46. The molecule has 0 bridgehead atoms. The lowest BCUT2D eigenvalue weighted by Crippen LogP contribution is -2.03. The third-order valence-electron chi connectivity index (χ3n) is 0.683. The van der Waals surface area contributed by atoms with E-state index in [-0.39, 0.29) is 9.52 Å². The van der Waals surface area contributed by atoms with Gasteiger partial charge in [-0.2, -0.15) is 0 Å². The summed E-state index contributed by atoms with van der Waals surface area (Å²) in [5, 5.41) is 0. The van der Waals surface area contributed by atoms with E-state index in [9.17, 15) is 4.79 Å². The number of carbonyl (C=O) groups excluding carboxylic acids is 1. The number of rotatable bonds is 4. The molecule has 0 aliphatic heterocycles. The van der Waals surface area contributed by atoms with Gasteiger partial charge in [0.1, 0.15) is 0 Å². The highest BCUT2D eigenvalue weighted by Gasteiger charge is 1.81. The van der Waals surface area contributed by atoms with Crippen molar-refractivity contribution in [2.45, 2.75) is 0 Å². The fourth-order valence-corrected chi connectivity index (χ4v) is 1.00. The average molecular weight is 131 g/mol. The monoisotopic (exact) mass is 131 g/mol. The smallest absolute Gasteiger partial charge is 0.234 e. The Morgan fingerprint density at radius 2 is 2.62 bits per heavy atom. The summed E-state index contributed by atoms with van der Waals surface area (Å²) in [6.07, 6.45) is 2.94. The molecule has 0 saturated heterocycles. The van der Waals surface area contributed by atoms with E-state index in [1.165, 1.54) is 6.08 Å². The molecule has 0 aliphatic rings. The fourth-order valence-electron chi connectivity index (χ4n) is 0.334. The van der Waals surface area contributed by atoms with E-state index in [4.69, 9.17) is 4.74 Å². The molecular weight excluding hydrogens is 122 g/mol. The van der Waals surface area contributed by atoms with E-state index in [0.29, 0.717) is 6.17 Å². The molecule has 0 aliphatic carbocycles. The van der Waals surface area contributed by atoms with E-state index in [2.05, 4.69) is 4.99 Å². The zero-order valence-electron chi connectivity index (χ0n) is 4.89. The van der Waals surface area contributed by atoms with Crippen LogP contribution in [-0.4, -0.2) is 35.1 Å². The topological polar surface area (TPSA) is 38.7 Å². The van der Waals surface area contributed by atoms with Gasteiger partial charge in [-0.15, -0.1) is 0 Å². The van der Waals surface area contributed by atoms with Gasteiger partial charge in [-0.25, -0.2) is 9.79 Å². The molecule has 0 aromatic carbocycles. The van der Waals surface area contributed by atoms with E-state index < -0.39 is 0 Å². The second-order valence-corrected chi connectivity index (χ2v) is 2.88. The summed E-state index contributed by atoms with van der Waals surface area (Å²) in [4.78, 5) is 12.8. The summed E-state index contributed by atoms with van der Waals surface area (Å²) in [6, 6.07) is 0. The molecule has 8 heavy (non-hydrogen) atoms. The highest BCUT2D eigenvalue weighted by molar-refractivity contribution is 6.35. The Hall–Kier alpha value is -0.443. The largest absolute Gasteiger partial charge is 0.389 e. The van der Waals surface area contributed by atoms with E-state index in [1.54, 1.807) is 7.11 Å². The van der Waals surface area contributed by atoms with Crippen LogP contribution in [0.2, 0.25) is 0 Å². The minimum absolute atomic E-state index is 0.251. The highest BCUT2D eigenvalue weighted by Crippen LogP contribution is 1.65. The van der Waals surface area contributed by atoms with Crippen molar-refractivity contribution in [3.63, 3.8) is 0 Å². The van der Waals surface area contributed by atoms with Crippen LogP contribution in [0.4, 0.5) is 0 Å². The standard InChI is InChI=1S/C4H9NO2Si/c1-7-4-8-3-5-2-6/h3-4,8H2,1H3. The molecule has 0 radical (unpaired) electrons. The number of nitrogens with zero attached hydrogens (tertiary/aromatic N) is 1. The van der Waals surface area contributed by atoms with Gasteiger partial charge in [0.05, 0.1) is 9.52 Å². The van der Waals surface area contributed by atoms with Crippen LogP contribution in [0.15, 0.2) is 4.99 Å². The summed E-state index contributed by atoms with van der Waals surface area (Å²) in [5.74, 6) is 0. The molecule has 0 amide bonds. The molecule has 0 fully saturated rings. The van der Waals surface area contributed by atoms with Gasteiger partial charge in [0.25, 0.3) is 0 Å². The van der Waals surface area contributed by atoms with Crippen molar-refractivity contribution in [2.75, 3.05) is 19.5 Å². The summed E-state index contributed by atoms with van der Waals surface area (Å²) < 4.78 is 4.76. The van der Waals surface area contributed by atoms with Crippen LogP contribution >= 0.6 is 0 Å². The van der Waals surface area contributed by atoms with Crippen molar-refractivity contribution in [3.8, 4) is 0 Å². The molecule has 3 nitrogen and oxygen atoms in total. The summed E-state index contributed by atoms with van der Waals surface area (Å²) in [5.41, 5.74) is 0. The first kappa shape index (κ1) is 7.56. The third-order valence-corrected chi connectivity index (χ3v) is 1.92. The summed E-state index contributed by atoms with van der Waals surface area (Å²) in [6.45, 7) is 0. The lowest BCUT2D eigenvalue weighted by molar-refractivity contribution is 0.251. The summed E-state index contributed by atoms with van der Waals surface area (Å²) >= 11 is 0. The van der Waals surface area contributed by atoms with Crippen molar-refractivity contribution in [3.05, 3.63) is 0 Å². The van der Waals surface area contributed by atoms with Crippen molar-refractivity contribution >= 4 is 15.6 Å². The van der Waals surface area contributed by atoms with Crippen LogP contribution in [0.3, 0.4) is 0 Å². The van der Waals surface area contributed by atoms with E-state index in [1.807, 2.05) is 0 Å². The van der Waals surface area contributed by atoms with Gasteiger partial charge in [-0.3, -0.25) is 0 Å². The maximum Gasteiger partial charge on any atom is 0.234 e. The van der Waals surface area contributed by atoms with Crippen LogP contribution in [-0.2, 0) is 9.53 Å². The molecule has 0 aromatic rings. The molecule has 0 aromatic heterocycles. The molecule has 0 N–H and O–H groups in total. The van der Waals surface area contributed by atoms with Crippen molar-refractivity contribution in [2.24, 2.45) is 4.99 Å². The Bertz CT molecular complexity index is 90.0. The molecule has 0 atom stereocenters. The number of isocyanates is 1. The van der Waals surface area contributed by atoms with Crippen molar-refractivity contribution in [1.82, 2.24) is 0 Å². The molecule has 4 heteroatoms. The second kappa shape index (κ2) is 6.56. The van der Waals surface area contributed by atoms with Gasteiger partial charge in [0.15, 0.2) is 0 Å². The van der Waals surface area contributed by atoms with Crippen LogP contribution in [0, 0.1) is 0 Å². The van der Waals surface area contributed by atoms with E-state index >= 15 is 0 Å². The predicted octanol–water partition coefficient (Wildman–Crippen LogP) is -0.948. The minimum Gasteiger partial charge on any atom is -0.389 e. The zero-order valence-corrected chi connectivity index (χ0v) is 6.30. The predicted molar refractivity (Wildman–Crippen MR) is 33.4 cm³/mol. The zero-order chi connectivity index (χ0) is 6.24. The van der Waals surface area contributed by atoms with E-state index in [0.717, 1.165) is 6.23 Å². The summed E-state index contributed by atoms with van der Waals surface area (Å²) in [7, 11) is 1.40. The van der Waals surface area contributed by atoms with Crippen molar-refractivity contribution < 1.29 is 9.53 Å². The van der Waals surface area contributed by atoms with Gasteiger partial charge in [-0.1, -0.05) is 0 Å². The number of aliphatic imine (C=N–C) groups is 1. The first-order valence-corrected chi connectivity index (χ1v) is 4.44. The molecule has 46 valence electrons. The lowest BCUT2D eigenvalue weighted by Gasteiger charge is -1.88. The van der Waals surface area contributed by atoms with Gasteiger partial charge < -0.3 is 4.74 Å². The normalized spacial score (nSPS) is 9.62. The Kier molecular flexibility index (Phi) is 6.19. The maximum absolute atomic E-state index is 9.46. The first-order valence-electron chi connectivity index (χ1n) is 2.44. The minimum atomic E-state index is -0.251. The number of hydrogen-bond acceptors (Lipinski definition) is 3. The molecule has 0 heterocycles. The molecule has 0 saturated carbocycles. The molecule has 0 spiro atoms. The number of methoxy groups -OCH3 is 1. The average Bonchev–Trinajstić information content (AvgIpc) is 1.81. The van der Waals surface area contributed by atoms with Gasteiger partial charge in [0, 0.05) is 19.5 Å². The molecular formula is C4H9NO2Si. The Labute approximate surface area is 50.6 Å². The first-order chi connectivity index (χ1) is 3.91. The van der Waals surface area contributed by atoms with Crippen LogP contribution < -0.4 is 0 Å². The third kappa shape index (κ3) is 5.56. The SMILES string of the molecule is COC[SiH2]CN=C=O. The number of hydrogen-bond donors (Lipinski definition) is 0. The molecule has 0 rings (SSSR count). The number of ether oxygens (including phenoxy) is 1. The Balaban J connectivity index is 2.82. The highest BCUT2D eigenvalue weighted by atomic mass is 28.2.